The second-order valence-corrected chi connectivity index (χ2v) is 9.73. The SMILES string of the molecule is CC1CCC(NC(=O)/N=c2\sc(C(C)(C)C)nn2C[C@H]2CCCO2)CC1. The summed E-state index contributed by atoms with van der Waals surface area (Å²) in [5.74, 6) is 0.768. The van der Waals surface area contributed by atoms with E-state index in [2.05, 4.69) is 38.0 Å². The number of rotatable bonds is 3. The van der Waals surface area contributed by atoms with E-state index in [1.165, 1.54) is 24.2 Å². The van der Waals surface area contributed by atoms with Crippen molar-refractivity contribution in [2.75, 3.05) is 6.61 Å². The zero-order valence-corrected chi connectivity index (χ0v) is 17.3. The Bertz CT molecular complexity index is 674. The van der Waals surface area contributed by atoms with Crippen LogP contribution >= 0.6 is 11.3 Å². The zero-order chi connectivity index (χ0) is 18.7. The first-order chi connectivity index (χ1) is 12.3. The minimum absolute atomic E-state index is 0.0628. The first kappa shape index (κ1) is 19.5. The maximum absolute atomic E-state index is 12.5. The number of carbonyl (C=O) groups excluding carboxylic acids is 1. The number of hydrogen-bond acceptors (Lipinski definition) is 4. The van der Waals surface area contributed by atoms with Crippen molar-refractivity contribution < 1.29 is 9.53 Å². The van der Waals surface area contributed by atoms with Crippen LogP contribution in [0, 0.1) is 5.92 Å². The first-order valence-corrected chi connectivity index (χ1v) is 10.7. The van der Waals surface area contributed by atoms with E-state index in [0.29, 0.717) is 11.3 Å². The van der Waals surface area contributed by atoms with E-state index in [1.54, 1.807) is 0 Å². The lowest BCUT2D eigenvalue weighted by Gasteiger charge is -2.26. The lowest BCUT2D eigenvalue weighted by molar-refractivity contribution is 0.0928. The van der Waals surface area contributed by atoms with E-state index in [1.807, 2.05) is 4.68 Å². The topological polar surface area (TPSA) is 68.5 Å². The molecular weight excluding hydrogens is 348 g/mol. The summed E-state index contributed by atoms with van der Waals surface area (Å²) in [4.78, 5) is 17.5. The average Bonchev–Trinajstić information content (AvgIpc) is 3.20. The predicted octanol–water partition coefficient (Wildman–Crippen LogP) is 3.61. The summed E-state index contributed by atoms with van der Waals surface area (Å²) in [6.07, 6.45) is 6.77. The molecular formula is C19H32N4O2S. The molecule has 2 amide bonds. The van der Waals surface area contributed by atoms with Gasteiger partial charge in [0, 0.05) is 18.1 Å². The Morgan fingerprint density at radius 2 is 2.04 bits per heavy atom. The molecule has 3 rings (SSSR count). The molecule has 26 heavy (non-hydrogen) atoms. The van der Waals surface area contributed by atoms with Crippen LogP contribution in [0.4, 0.5) is 4.79 Å². The van der Waals surface area contributed by atoms with Crippen molar-refractivity contribution >= 4 is 17.4 Å². The van der Waals surface area contributed by atoms with Crippen LogP contribution in [-0.2, 0) is 16.7 Å². The predicted molar refractivity (Wildman–Crippen MR) is 103 cm³/mol. The van der Waals surface area contributed by atoms with Gasteiger partial charge in [0.25, 0.3) is 0 Å². The molecule has 0 bridgehead atoms. The molecule has 2 aliphatic rings. The van der Waals surface area contributed by atoms with Gasteiger partial charge in [0.2, 0.25) is 4.80 Å². The van der Waals surface area contributed by atoms with Gasteiger partial charge in [-0.15, -0.1) is 0 Å². The van der Waals surface area contributed by atoms with Crippen molar-refractivity contribution in [3.05, 3.63) is 9.81 Å². The molecule has 1 saturated carbocycles. The summed E-state index contributed by atoms with van der Waals surface area (Å²) in [6, 6.07) is 0.0128. The lowest BCUT2D eigenvalue weighted by Crippen LogP contribution is -2.37. The van der Waals surface area contributed by atoms with Crippen molar-refractivity contribution in [1.29, 1.82) is 0 Å². The molecule has 2 fully saturated rings. The quantitative estimate of drug-likeness (QED) is 0.871. The van der Waals surface area contributed by atoms with Crippen LogP contribution in [0.2, 0.25) is 0 Å². The van der Waals surface area contributed by atoms with Crippen molar-refractivity contribution in [2.24, 2.45) is 10.9 Å². The Morgan fingerprint density at radius 3 is 2.65 bits per heavy atom. The van der Waals surface area contributed by atoms with Gasteiger partial charge in [-0.1, -0.05) is 39.0 Å². The van der Waals surface area contributed by atoms with Crippen LogP contribution in [0.5, 0.6) is 0 Å². The van der Waals surface area contributed by atoms with Crippen LogP contribution in [-0.4, -0.2) is 34.6 Å². The van der Waals surface area contributed by atoms with Crippen LogP contribution in [0.15, 0.2) is 4.99 Å². The maximum atomic E-state index is 12.5. The van der Waals surface area contributed by atoms with Crippen molar-refractivity contribution in [2.45, 2.75) is 90.3 Å². The number of carbonyl (C=O) groups is 1. The van der Waals surface area contributed by atoms with E-state index in [-0.39, 0.29) is 23.6 Å². The van der Waals surface area contributed by atoms with E-state index < -0.39 is 0 Å². The summed E-state index contributed by atoms with van der Waals surface area (Å²) in [5, 5.41) is 8.82. The van der Waals surface area contributed by atoms with Crippen molar-refractivity contribution in [3.8, 4) is 0 Å². The highest BCUT2D eigenvalue weighted by atomic mass is 32.1. The molecule has 0 unspecified atom stereocenters. The summed E-state index contributed by atoms with van der Waals surface area (Å²) >= 11 is 1.51. The van der Waals surface area contributed by atoms with Crippen molar-refractivity contribution in [3.63, 3.8) is 0 Å². The van der Waals surface area contributed by atoms with Gasteiger partial charge in [-0.3, -0.25) is 0 Å². The summed E-state index contributed by atoms with van der Waals surface area (Å²) < 4.78 is 7.61. The van der Waals surface area contributed by atoms with Gasteiger partial charge in [0.1, 0.15) is 5.01 Å². The zero-order valence-electron chi connectivity index (χ0n) is 16.5. The standard InChI is InChI=1S/C19H32N4O2S/c1-13-7-9-14(10-8-13)20-17(24)21-18-23(12-15-6-5-11-25-15)22-16(26-18)19(2,3)4/h13-15H,5-12H2,1-4H3,(H,20,24)/b21-18-/t13?,14?,15-/m1/s1. The summed E-state index contributed by atoms with van der Waals surface area (Å²) in [6.45, 7) is 10.2. The van der Waals surface area contributed by atoms with Crippen LogP contribution < -0.4 is 10.1 Å². The van der Waals surface area contributed by atoms with E-state index in [0.717, 1.165) is 43.2 Å². The first-order valence-electron chi connectivity index (χ1n) is 9.86. The number of amides is 2. The Morgan fingerprint density at radius 1 is 1.31 bits per heavy atom. The monoisotopic (exact) mass is 380 g/mol. The fourth-order valence-electron chi connectivity index (χ4n) is 3.49. The molecule has 0 aromatic carbocycles. The third-order valence-electron chi connectivity index (χ3n) is 5.20. The molecule has 1 saturated heterocycles. The van der Waals surface area contributed by atoms with E-state index >= 15 is 0 Å². The third kappa shape index (κ3) is 5.16. The lowest BCUT2D eigenvalue weighted by atomic mass is 9.87. The number of nitrogens with zero attached hydrogens (tertiary/aromatic N) is 3. The number of nitrogens with one attached hydrogen (secondary N) is 1. The highest BCUT2D eigenvalue weighted by Crippen LogP contribution is 2.24. The molecule has 146 valence electrons. The van der Waals surface area contributed by atoms with Gasteiger partial charge in [-0.2, -0.15) is 10.1 Å². The van der Waals surface area contributed by atoms with Crippen LogP contribution in [0.1, 0.15) is 71.2 Å². The maximum Gasteiger partial charge on any atom is 0.343 e. The molecule has 1 aliphatic heterocycles. The average molecular weight is 381 g/mol. The van der Waals surface area contributed by atoms with Crippen LogP contribution in [0.25, 0.3) is 0 Å². The second-order valence-electron chi connectivity index (χ2n) is 8.78. The fraction of sp³-hybridized carbons (Fsp3) is 0.842. The van der Waals surface area contributed by atoms with Gasteiger partial charge in [0.15, 0.2) is 0 Å². The van der Waals surface area contributed by atoms with E-state index in [4.69, 9.17) is 9.84 Å². The van der Waals surface area contributed by atoms with Gasteiger partial charge in [0.05, 0.1) is 12.6 Å². The number of ether oxygens (including phenoxy) is 1. The fourth-order valence-corrected chi connectivity index (χ4v) is 4.46. The van der Waals surface area contributed by atoms with Gasteiger partial charge in [-0.05, 0) is 44.4 Å². The molecule has 0 radical (unpaired) electrons. The normalized spacial score (nSPS) is 27.7. The summed E-state index contributed by atoms with van der Waals surface area (Å²) in [5.41, 5.74) is -0.0628. The third-order valence-corrected chi connectivity index (χ3v) is 6.58. The van der Waals surface area contributed by atoms with Gasteiger partial charge in [-0.25, -0.2) is 9.48 Å². The molecule has 0 spiro atoms. The Labute approximate surface area is 160 Å². The van der Waals surface area contributed by atoms with Gasteiger partial charge >= 0.3 is 6.03 Å². The highest BCUT2D eigenvalue weighted by Gasteiger charge is 2.24. The van der Waals surface area contributed by atoms with Crippen LogP contribution in [0.3, 0.4) is 0 Å². The molecule has 7 heteroatoms. The molecule has 1 aliphatic carbocycles. The molecule has 1 N–H and O–H groups in total. The number of hydrogen-bond donors (Lipinski definition) is 1. The Kier molecular flexibility index (Phi) is 6.17. The van der Waals surface area contributed by atoms with E-state index in [9.17, 15) is 4.79 Å². The Balaban J connectivity index is 1.76. The highest BCUT2D eigenvalue weighted by molar-refractivity contribution is 7.09. The minimum atomic E-state index is -0.241. The number of urea groups is 1. The Hall–Kier alpha value is -1.21. The minimum Gasteiger partial charge on any atom is -0.376 e. The molecule has 1 aromatic rings. The molecule has 1 atom stereocenters. The van der Waals surface area contributed by atoms with Gasteiger partial charge < -0.3 is 10.1 Å². The summed E-state index contributed by atoms with van der Waals surface area (Å²) in [7, 11) is 0. The largest absolute Gasteiger partial charge is 0.376 e. The number of aromatic nitrogens is 2. The van der Waals surface area contributed by atoms with Crippen molar-refractivity contribution in [1.82, 2.24) is 15.1 Å². The second kappa shape index (κ2) is 8.21. The molecule has 2 heterocycles. The molecule has 6 nitrogen and oxygen atoms in total. The molecule has 1 aromatic heterocycles. The smallest absolute Gasteiger partial charge is 0.343 e.